The van der Waals surface area contributed by atoms with Crippen molar-refractivity contribution >= 4 is 27.3 Å². The van der Waals surface area contributed by atoms with Crippen LogP contribution >= 0.6 is 27.3 Å². The van der Waals surface area contributed by atoms with Gasteiger partial charge in [0.15, 0.2) is 0 Å². The lowest BCUT2D eigenvalue weighted by Gasteiger charge is -2.20. The highest BCUT2D eigenvalue weighted by Crippen LogP contribution is 2.27. The summed E-state index contributed by atoms with van der Waals surface area (Å²) >= 11 is 5.40. The molecular formula is C14H22BrNS. The first-order valence-corrected chi connectivity index (χ1v) is 8.27. The van der Waals surface area contributed by atoms with Crippen LogP contribution in [0.4, 0.5) is 0 Å². The summed E-state index contributed by atoms with van der Waals surface area (Å²) < 4.78 is 1.23. The van der Waals surface area contributed by atoms with Crippen LogP contribution in [0.15, 0.2) is 15.9 Å². The number of halogens is 1. The van der Waals surface area contributed by atoms with Gasteiger partial charge in [0.2, 0.25) is 0 Å². The third-order valence-corrected chi connectivity index (χ3v) is 5.49. The van der Waals surface area contributed by atoms with Crippen LogP contribution in [0.25, 0.3) is 0 Å². The summed E-state index contributed by atoms with van der Waals surface area (Å²) in [5.41, 5.74) is 0. The molecule has 0 spiro atoms. The zero-order chi connectivity index (χ0) is 12.3. The van der Waals surface area contributed by atoms with E-state index in [1.54, 1.807) is 0 Å². The van der Waals surface area contributed by atoms with E-state index in [-0.39, 0.29) is 0 Å². The van der Waals surface area contributed by atoms with Crippen molar-refractivity contribution < 1.29 is 0 Å². The molecule has 0 saturated carbocycles. The number of rotatable bonds is 3. The fourth-order valence-corrected chi connectivity index (χ4v) is 4.16. The topological polar surface area (TPSA) is 3.24 Å². The van der Waals surface area contributed by atoms with E-state index in [2.05, 4.69) is 46.1 Å². The Morgan fingerprint density at radius 2 is 2.24 bits per heavy atom. The van der Waals surface area contributed by atoms with Crippen LogP contribution in [0.5, 0.6) is 0 Å². The van der Waals surface area contributed by atoms with Gasteiger partial charge >= 0.3 is 0 Å². The maximum atomic E-state index is 3.53. The normalized spacial score (nSPS) is 22.9. The molecule has 1 nitrogen and oxygen atoms in total. The summed E-state index contributed by atoms with van der Waals surface area (Å²) in [6, 6.07) is 2.26. The third kappa shape index (κ3) is 4.08. The van der Waals surface area contributed by atoms with Crippen molar-refractivity contribution in [2.75, 3.05) is 13.1 Å². The Balaban J connectivity index is 1.86. The van der Waals surface area contributed by atoms with E-state index in [9.17, 15) is 0 Å². The average molecular weight is 316 g/mol. The maximum absolute atomic E-state index is 3.53. The molecule has 1 aromatic rings. The van der Waals surface area contributed by atoms with Crippen molar-refractivity contribution in [3.05, 3.63) is 20.8 Å². The average Bonchev–Trinajstić information content (AvgIpc) is 2.54. The highest BCUT2D eigenvalue weighted by atomic mass is 79.9. The van der Waals surface area contributed by atoms with Crippen LogP contribution in [0.2, 0.25) is 0 Å². The second-order valence-corrected chi connectivity index (χ2v) is 7.35. The molecule has 0 amide bonds. The molecule has 1 aliphatic rings. The molecule has 17 heavy (non-hydrogen) atoms. The van der Waals surface area contributed by atoms with Gasteiger partial charge in [0.1, 0.15) is 0 Å². The predicted molar refractivity (Wildman–Crippen MR) is 79.5 cm³/mol. The van der Waals surface area contributed by atoms with Crippen molar-refractivity contribution in [3.8, 4) is 0 Å². The van der Waals surface area contributed by atoms with Crippen molar-refractivity contribution in [1.29, 1.82) is 0 Å². The van der Waals surface area contributed by atoms with Crippen LogP contribution < -0.4 is 0 Å². The fraction of sp³-hybridized carbons (Fsp3) is 0.714. The molecule has 0 radical (unpaired) electrons. The first-order valence-electron chi connectivity index (χ1n) is 6.60. The number of hydrogen-bond donors (Lipinski definition) is 0. The van der Waals surface area contributed by atoms with Gasteiger partial charge in [-0.15, -0.1) is 11.3 Å². The van der Waals surface area contributed by atoms with E-state index in [0.29, 0.717) is 0 Å². The van der Waals surface area contributed by atoms with Gasteiger partial charge in [-0.05, 0) is 66.2 Å². The molecule has 0 bridgehead atoms. The van der Waals surface area contributed by atoms with Gasteiger partial charge < -0.3 is 0 Å². The monoisotopic (exact) mass is 315 g/mol. The molecular weight excluding hydrogens is 294 g/mol. The Kier molecular flexibility index (Phi) is 5.07. The third-order valence-electron chi connectivity index (χ3n) is 3.81. The first-order chi connectivity index (χ1) is 8.15. The first kappa shape index (κ1) is 13.6. The predicted octanol–water partition coefficient (Wildman–Crippen LogP) is 4.77. The molecule has 0 aliphatic carbocycles. The molecule has 1 unspecified atom stereocenters. The van der Waals surface area contributed by atoms with Crippen LogP contribution in [0.1, 0.15) is 38.0 Å². The van der Waals surface area contributed by atoms with E-state index >= 15 is 0 Å². The fourth-order valence-electron chi connectivity index (χ4n) is 2.66. The van der Waals surface area contributed by atoms with Crippen molar-refractivity contribution in [2.45, 2.75) is 39.7 Å². The Labute approximate surface area is 117 Å². The van der Waals surface area contributed by atoms with E-state index < -0.39 is 0 Å². The van der Waals surface area contributed by atoms with Crippen molar-refractivity contribution in [2.24, 2.45) is 11.8 Å². The zero-order valence-corrected chi connectivity index (χ0v) is 13.2. The second-order valence-electron chi connectivity index (χ2n) is 5.44. The van der Waals surface area contributed by atoms with Gasteiger partial charge in [0.05, 0.1) is 0 Å². The Morgan fingerprint density at radius 3 is 2.88 bits per heavy atom. The van der Waals surface area contributed by atoms with E-state index in [1.807, 2.05) is 11.3 Å². The standard InChI is InChI=1S/C14H22BrNS/c1-11(2)12-4-3-6-16(7-5-12)9-14-8-13(15)10-17-14/h8,10-12H,3-7,9H2,1-2H3. The van der Waals surface area contributed by atoms with Gasteiger partial charge in [-0.2, -0.15) is 0 Å². The lowest BCUT2D eigenvalue weighted by Crippen LogP contribution is -2.24. The summed E-state index contributed by atoms with van der Waals surface area (Å²) in [6.45, 7) is 8.44. The van der Waals surface area contributed by atoms with Crippen LogP contribution in [0, 0.1) is 11.8 Å². The molecule has 2 rings (SSSR count). The molecule has 1 aromatic heterocycles. The van der Waals surface area contributed by atoms with Crippen LogP contribution in [-0.2, 0) is 6.54 Å². The van der Waals surface area contributed by atoms with Gasteiger partial charge in [-0.25, -0.2) is 0 Å². The molecule has 0 N–H and O–H groups in total. The maximum Gasteiger partial charge on any atom is 0.0328 e. The largest absolute Gasteiger partial charge is 0.298 e. The number of thiophene rings is 1. The molecule has 2 heterocycles. The second kappa shape index (κ2) is 6.35. The van der Waals surface area contributed by atoms with E-state index in [0.717, 1.165) is 18.4 Å². The summed E-state index contributed by atoms with van der Waals surface area (Å²) in [6.07, 6.45) is 4.17. The molecule has 1 aliphatic heterocycles. The molecule has 96 valence electrons. The Hall–Kier alpha value is 0.140. The number of hydrogen-bond acceptors (Lipinski definition) is 2. The minimum atomic E-state index is 0.853. The highest BCUT2D eigenvalue weighted by Gasteiger charge is 2.19. The van der Waals surface area contributed by atoms with E-state index in [4.69, 9.17) is 0 Å². The Bertz CT molecular complexity index is 348. The van der Waals surface area contributed by atoms with Crippen molar-refractivity contribution in [1.82, 2.24) is 4.90 Å². The molecule has 1 fully saturated rings. The number of likely N-dealkylation sites (tertiary alicyclic amines) is 1. The minimum Gasteiger partial charge on any atom is -0.298 e. The van der Waals surface area contributed by atoms with E-state index in [1.165, 1.54) is 41.7 Å². The highest BCUT2D eigenvalue weighted by molar-refractivity contribution is 9.10. The molecule has 3 heteroatoms. The molecule has 1 saturated heterocycles. The summed E-state index contributed by atoms with van der Waals surface area (Å²) in [7, 11) is 0. The summed E-state index contributed by atoms with van der Waals surface area (Å²) in [5, 5.41) is 2.18. The van der Waals surface area contributed by atoms with Crippen molar-refractivity contribution in [3.63, 3.8) is 0 Å². The summed E-state index contributed by atoms with van der Waals surface area (Å²) in [4.78, 5) is 4.11. The quantitative estimate of drug-likeness (QED) is 0.776. The van der Waals surface area contributed by atoms with Gasteiger partial charge in [-0.3, -0.25) is 4.90 Å². The van der Waals surface area contributed by atoms with Crippen LogP contribution in [0.3, 0.4) is 0 Å². The Morgan fingerprint density at radius 1 is 1.41 bits per heavy atom. The van der Waals surface area contributed by atoms with Gasteiger partial charge in [0.25, 0.3) is 0 Å². The SMILES string of the molecule is CC(C)C1CCCN(Cc2cc(Br)cs2)CC1. The smallest absolute Gasteiger partial charge is 0.0328 e. The van der Waals surface area contributed by atoms with Gasteiger partial charge in [0, 0.05) is 21.3 Å². The molecule has 0 aromatic carbocycles. The zero-order valence-electron chi connectivity index (χ0n) is 10.8. The number of nitrogens with zero attached hydrogens (tertiary/aromatic N) is 1. The summed E-state index contributed by atoms with van der Waals surface area (Å²) in [5.74, 6) is 1.79. The van der Waals surface area contributed by atoms with Crippen LogP contribution in [-0.4, -0.2) is 18.0 Å². The lowest BCUT2D eigenvalue weighted by atomic mass is 9.89. The lowest BCUT2D eigenvalue weighted by molar-refractivity contribution is 0.267. The van der Waals surface area contributed by atoms with Gasteiger partial charge in [-0.1, -0.05) is 13.8 Å². The minimum absolute atomic E-state index is 0.853. The molecule has 1 atom stereocenters.